The first-order valence-corrected chi connectivity index (χ1v) is 7.41. The molecule has 0 aliphatic carbocycles. The number of carbonyl (C=O) groups is 2. The lowest BCUT2D eigenvalue weighted by Gasteiger charge is -2.32. The average Bonchev–Trinajstić information content (AvgIpc) is 2.92. The molecular weight excluding hydrogens is 258 g/mol. The third kappa shape index (κ3) is 3.61. The minimum atomic E-state index is -0.461. The van der Waals surface area contributed by atoms with Crippen molar-refractivity contribution in [3.05, 3.63) is 0 Å². The monoisotopic (exact) mass is 283 g/mol. The number of nitrogens with one attached hydrogen (secondary N) is 2. The Bertz CT molecular complexity index is 363. The molecule has 0 aromatic rings. The van der Waals surface area contributed by atoms with E-state index in [4.69, 9.17) is 5.73 Å². The molecule has 0 spiro atoms. The number of amides is 3. The molecule has 114 valence electrons. The molecule has 2 aliphatic heterocycles. The molecule has 2 unspecified atom stereocenters. The second-order valence-electron chi connectivity index (χ2n) is 5.46. The highest BCUT2D eigenvalue weighted by molar-refractivity contribution is 5.83. The van der Waals surface area contributed by atoms with Crippen molar-refractivity contribution in [2.24, 2.45) is 5.73 Å². The van der Waals surface area contributed by atoms with E-state index in [-0.39, 0.29) is 11.9 Å². The number of primary amides is 1. The van der Waals surface area contributed by atoms with Crippen LogP contribution >= 0.6 is 0 Å². The molecule has 2 aliphatic rings. The quantitative estimate of drug-likeness (QED) is 0.613. The highest BCUT2D eigenvalue weighted by atomic mass is 16.2. The van der Waals surface area contributed by atoms with E-state index in [9.17, 15) is 9.59 Å². The molecule has 0 saturated carbocycles. The summed E-state index contributed by atoms with van der Waals surface area (Å²) in [6.45, 7) is 6.49. The summed E-state index contributed by atoms with van der Waals surface area (Å²) in [6.07, 6.45) is 2.34. The van der Waals surface area contributed by atoms with Gasteiger partial charge in [-0.2, -0.15) is 0 Å². The van der Waals surface area contributed by atoms with E-state index >= 15 is 0 Å². The van der Waals surface area contributed by atoms with Crippen LogP contribution in [0.25, 0.3) is 0 Å². The van der Waals surface area contributed by atoms with Gasteiger partial charge in [-0.25, -0.2) is 4.79 Å². The largest absolute Gasteiger partial charge is 0.353 e. The van der Waals surface area contributed by atoms with Crippen LogP contribution in [0.15, 0.2) is 0 Å². The Balaban J connectivity index is 1.78. The van der Waals surface area contributed by atoms with Crippen molar-refractivity contribution in [3.8, 4) is 0 Å². The van der Waals surface area contributed by atoms with E-state index in [2.05, 4.69) is 22.5 Å². The smallest absolute Gasteiger partial charge is 0.314 e. The minimum Gasteiger partial charge on any atom is -0.353 e. The summed E-state index contributed by atoms with van der Waals surface area (Å²) in [5, 5.41) is 6.13. The van der Waals surface area contributed by atoms with Crippen molar-refractivity contribution in [2.45, 2.75) is 31.8 Å². The first kappa shape index (κ1) is 15.1. The number of likely N-dealkylation sites (tertiary alicyclic amines) is 1. The van der Waals surface area contributed by atoms with Gasteiger partial charge in [0, 0.05) is 32.2 Å². The number of carbonyl (C=O) groups excluding carboxylic acids is 2. The highest BCUT2D eigenvalue weighted by Gasteiger charge is 2.28. The fraction of sp³-hybridized carbons (Fsp3) is 0.846. The predicted octanol–water partition coefficient (Wildman–Crippen LogP) is -1.06. The van der Waals surface area contributed by atoms with Crippen LogP contribution in [-0.2, 0) is 4.79 Å². The molecule has 0 bridgehead atoms. The molecule has 2 rings (SSSR count). The molecule has 2 heterocycles. The van der Waals surface area contributed by atoms with Gasteiger partial charge in [-0.15, -0.1) is 0 Å². The number of piperazine rings is 1. The molecule has 2 fully saturated rings. The summed E-state index contributed by atoms with van der Waals surface area (Å²) in [5.41, 5.74) is 5.26. The van der Waals surface area contributed by atoms with Crippen molar-refractivity contribution in [1.82, 2.24) is 20.4 Å². The molecule has 0 aromatic heterocycles. The Morgan fingerprint density at radius 3 is 2.90 bits per heavy atom. The van der Waals surface area contributed by atoms with Gasteiger partial charge in [0.25, 0.3) is 0 Å². The van der Waals surface area contributed by atoms with Crippen molar-refractivity contribution < 1.29 is 9.59 Å². The van der Waals surface area contributed by atoms with Gasteiger partial charge in [-0.1, -0.05) is 6.92 Å². The molecule has 3 amide bonds. The Kier molecular flexibility index (Phi) is 5.19. The Morgan fingerprint density at radius 2 is 2.20 bits per heavy atom. The van der Waals surface area contributed by atoms with Gasteiger partial charge >= 0.3 is 6.03 Å². The van der Waals surface area contributed by atoms with E-state index < -0.39 is 6.03 Å². The molecule has 2 saturated heterocycles. The van der Waals surface area contributed by atoms with Crippen molar-refractivity contribution in [2.75, 3.05) is 39.3 Å². The summed E-state index contributed by atoms with van der Waals surface area (Å²) < 4.78 is 0. The number of hydrogen-bond donors (Lipinski definition) is 3. The van der Waals surface area contributed by atoms with E-state index in [0.29, 0.717) is 32.2 Å². The van der Waals surface area contributed by atoms with Crippen LogP contribution in [0.1, 0.15) is 19.8 Å². The summed E-state index contributed by atoms with van der Waals surface area (Å²) >= 11 is 0. The van der Waals surface area contributed by atoms with Crippen LogP contribution in [0, 0.1) is 0 Å². The van der Waals surface area contributed by atoms with E-state index in [0.717, 1.165) is 19.5 Å². The third-order valence-electron chi connectivity index (χ3n) is 4.22. The van der Waals surface area contributed by atoms with Gasteiger partial charge in [-0.3, -0.25) is 9.69 Å². The maximum absolute atomic E-state index is 12.1. The molecule has 0 aromatic carbocycles. The molecule has 7 heteroatoms. The summed E-state index contributed by atoms with van der Waals surface area (Å²) in [7, 11) is 0. The summed E-state index contributed by atoms with van der Waals surface area (Å²) in [5.74, 6) is -0.0427. The molecule has 2 atom stereocenters. The van der Waals surface area contributed by atoms with Crippen LogP contribution in [-0.4, -0.2) is 73.1 Å². The number of likely N-dealkylation sites (N-methyl/N-ethyl adjacent to an activating group) is 1. The number of rotatable bonds is 4. The lowest BCUT2D eigenvalue weighted by molar-refractivity contribution is -0.124. The molecule has 7 nitrogen and oxygen atoms in total. The van der Waals surface area contributed by atoms with Crippen LogP contribution < -0.4 is 16.4 Å². The Labute approximate surface area is 119 Å². The van der Waals surface area contributed by atoms with Gasteiger partial charge in [0.1, 0.15) is 6.04 Å². The first-order valence-electron chi connectivity index (χ1n) is 7.41. The molecular formula is C13H25N5O2. The second-order valence-corrected chi connectivity index (χ2v) is 5.46. The number of nitrogens with zero attached hydrogens (tertiary/aromatic N) is 2. The zero-order valence-electron chi connectivity index (χ0n) is 12.1. The normalized spacial score (nSPS) is 27.6. The lowest BCUT2D eigenvalue weighted by Crippen LogP contribution is -2.59. The third-order valence-corrected chi connectivity index (χ3v) is 4.22. The van der Waals surface area contributed by atoms with Gasteiger partial charge < -0.3 is 21.3 Å². The fourth-order valence-corrected chi connectivity index (χ4v) is 3.01. The van der Waals surface area contributed by atoms with Gasteiger partial charge in [0.2, 0.25) is 5.91 Å². The number of nitrogens with two attached hydrogens (primary N) is 1. The van der Waals surface area contributed by atoms with Crippen LogP contribution in [0.2, 0.25) is 0 Å². The van der Waals surface area contributed by atoms with Gasteiger partial charge in [0.05, 0.1) is 0 Å². The Hall–Kier alpha value is -1.34. The number of hydrogen-bond acceptors (Lipinski definition) is 4. The second kappa shape index (κ2) is 6.90. The molecule has 0 radical (unpaired) electrons. The number of urea groups is 1. The fourth-order valence-electron chi connectivity index (χ4n) is 3.01. The zero-order valence-corrected chi connectivity index (χ0v) is 12.1. The summed E-state index contributed by atoms with van der Waals surface area (Å²) in [6, 6.07) is -0.371. The van der Waals surface area contributed by atoms with Gasteiger partial charge in [0.15, 0.2) is 0 Å². The average molecular weight is 283 g/mol. The van der Waals surface area contributed by atoms with Crippen molar-refractivity contribution >= 4 is 11.9 Å². The van der Waals surface area contributed by atoms with E-state index in [1.807, 2.05) is 0 Å². The van der Waals surface area contributed by atoms with E-state index in [1.54, 1.807) is 0 Å². The Morgan fingerprint density at radius 1 is 1.40 bits per heavy atom. The van der Waals surface area contributed by atoms with Gasteiger partial charge in [-0.05, 0) is 25.9 Å². The maximum atomic E-state index is 12.1. The van der Waals surface area contributed by atoms with Crippen LogP contribution in [0.4, 0.5) is 4.79 Å². The lowest BCUT2D eigenvalue weighted by atomic mass is 10.1. The first-order chi connectivity index (χ1) is 9.61. The van der Waals surface area contributed by atoms with Crippen molar-refractivity contribution in [1.29, 1.82) is 0 Å². The summed E-state index contributed by atoms with van der Waals surface area (Å²) in [4.78, 5) is 27.2. The minimum absolute atomic E-state index is 0.0427. The standard InChI is InChI=1S/C13H25N5O2/c1-2-17-6-3-4-10(17)8-16-12(19)11-9-18(13(14)20)7-5-15-11/h10-11,15H,2-9H2,1H3,(H2,14,20)(H,16,19). The van der Waals surface area contributed by atoms with Crippen LogP contribution in [0.3, 0.4) is 0 Å². The highest BCUT2D eigenvalue weighted by Crippen LogP contribution is 2.15. The van der Waals surface area contributed by atoms with Crippen LogP contribution in [0.5, 0.6) is 0 Å². The molecule has 4 N–H and O–H groups in total. The SMILES string of the molecule is CCN1CCCC1CNC(=O)C1CN(C(N)=O)CCN1. The van der Waals surface area contributed by atoms with E-state index in [1.165, 1.54) is 11.3 Å². The molecule has 20 heavy (non-hydrogen) atoms. The van der Waals surface area contributed by atoms with Crippen molar-refractivity contribution in [3.63, 3.8) is 0 Å². The zero-order chi connectivity index (χ0) is 14.5. The topological polar surface area (TPSA) is 90.7 Å². The maximum Gasteiger partial charge on any atom is 0.314 e. The predicted molar refractivity (Wildman–Crippen MR) is 76.2 cm³/mol.